The van der Waals surface area contributed by atoms with E-state index in [1.54, 1.807) is 40.8 Å². The topological polar surface area (TPSA) is 75.0 Å². The number of amides is 1. The third-order valence-corrected chi connectivity index (χ3v) is 5.76. The van der Waals surface area contributed by atoms with E-state index in [0.29, 0.717) is 34.7 Å². The summed E-state index contributed by atoms with van der Waals surface area (Å²) in [5, 5.41) is 11.0. The zero-order chi connectivity index (χ0) is 22.0. The highest BCUT2D eigenvalue weighted by atomic mass is 35.5. The molecular formula is C23H20ClN3O3S. The predicted molar refractivity (Wildman–Crippen MR) is 125 cm³/mol. The summed E-state index contributed by atoms with van der Waals surface area (Å²) in [6, 6.07) is 11.3. The SMILES string of the molecule is Cc1ccc(OCCOc2ccc(/C=C3/C(=N)N4C=CSC4=NC3=O)cc2Cl)c(C)c1. The lowest BCUT2D eigenvalue weighted by Crippen LogP contribution is -2.35. The number of amidine groups is 2. The van der Waals surface area contributed by atoms with Crippen molar-refractivity contribution in [3.63, 3.8) is 0 Å². The van der Waals surface area contributed by atoms with E-state index in [2.05, 4.69) is 11.1 Å². The number of halogens is 1. The van der Waals surface area contributed by atoms with Crippen LogP contribution >= 0.6 is 23.4 Å². The summed E-state index contributed by atoms with van der Waals surface area (Å²) < 4.78 is 11.5. The maximum Gasteiger partial charge on any atom is 0.283 e. The van der Waals surface area contributed by atoms with Crippen molar-refractivity contribution in [1.82, 2.24) is 4.90 Å². The molecule has 0 aliphatic carbocycles. The minimum absolute atomic E-state index is 0.0937. The molecule has 8 heteroatoms. The molecule has 2 aliphatic rings. The third-order valence-electron chi connectivity index (χ3n) is 4.71. The number of thioether (sulfide) groups is 1. The van der Waals surface area contributed by atoms with Gasteiger partial charge in [-0.3, -0.25) is 15.1 Å². The van der Waals surface area contributed by atoms with Gasteiger partial charge in [0.25, 0.3) is 5.91 Å². The monoisotopic (exact) mass is 453 g/mol. The smallest absolute Gasteiger partial charge is 0.283 e. The highest BCUT2D eigenvalue weighted by Gasteiger charge is 2.31. The first kappa shape index (κ1) is 21.2. The Labute approximate surface area is 189 Å². The Hall–Kier alpha value is -3.03. The molecule has 2 aromatic carbocycles. The number of hydrogen-bond acceptors (Lipinski definition) is 5. The van der Waals surface area contributed by atoms with Gasteiger partial charge in [-0.25, -0.2) is 0 Å². The molecule has 2 aliphatic heterocycles. The van der Waals surface area contributed by atoms with Gasteiger partial charge in [-0.05, 0) is 54.7 Å². The molecule has 31 heavy (non-hydrogen) atoms. The fourth-order valence-corrected chi connectivity index (χ4v) is 4.14. The van der Waals surface area contributed by atoms with Crippen LogP contribution in [0, 0.1) is 19.3 Å². The van der Waals surface area contributed by atoms with Crippen LogP contribution < -0.4 is 9.47 Å². The number of rotatable bonds is 6. The largest absolute Gasteiger partial charge is 0.490 e. The standard InChI is InChI=1S/C23H20ClN3O3S/c1-14-3-5-19(15(2)11-14)29-8-9-30-20-6-4-16(13-18(20)24)12-17-21(25)27-7-10-31-23(27)26-22(17)28/h3-7,10-13,25H,8-9H2,1-2H3/b17-12-,25-21?. The van der Waals surface area contributed by atoms with Crippen molar-refractivity contribution < 1.29 is 14.3 Å². The molecule has 0 bridgehead atoms. The summed E-state index contributed by atoms with van der Waals surface area (Å²) in [4.78, 5) is 17.9. The van der Waals surface area contributed by atoms with Gasteiger partial charge in [0.15, 0.2) is 5.17 Å². The van der Waals surface area contributed by atoms with Gasteiger partial charge >= 0.3 is 0 Å². The molecule has 0 saturated carbocycles. The van der Waals surface area contributed by atoms with Crippen molar-refractivity contribution in [1.29, 1.82) is 5.41 Å². The average Bonchev–Trinajstić information content (AvgIpc) is 3.19. The normalized spacial score (nSPS) is 16.5. The van der Waals surface area contributed by atoms with E-state index in [1.807, 2.05) is 26.0 Å². The lowest BCUT2D eigenvalue weighted by Gasteiger charge is -2.22. The maximum atomic E-state index is 12.3. The van der Waals surface area contributed by atoms with Crippen LogP contribution in [0.5, 0.6) is 11.5 Å². The van der Waals surface area contributed by atoms with Crippen LogP contribution in [0.4, 0.5) is 0 Å². The van der Waals surface area contributed by atoms with E-state index in [9.17, 15) is 4.79 Å². The first-order valence-electron chi connectivity index (χ1n) is 9.61. The molecule has 1 amide bonds. The summed E-state index contributed by atoms with van der Waals surface area (Å²) in [6.07, 6.45) is 3.33. The van der Waals surface area contributed by atoms with Crippen LogP contribution in [0.25, 0.3) is 6.08 Å². The minimum atomic E-state index is -0.438. The molecule has 0 spiro atoms. The molecule has 0 atom stereocenters. The van der Waals surface area contributed by atoms with Gasteiger partial charge in [0.2, 0.25) is 0 Å². The molecule has 2 aromatic rings. The zero-order valence-corrected chi connectivity index (χ0v) is 18.6. The first-order valence-corrected chi connectivity index (χ1v) is 10.9. The second kappa shape index (κ2) is 8.99. The van der Waals surface area contributed by atoms with E-state index >= 15 is 0 Å². The van der Waals surface area contributed by atoms with Crippen LogP contribution in [-0.2, 0) is 4.79 Å². The Bertz CT molecular complexity index is 1160. The molecule has 2 heterocycles. The van der Waals surface area contributed by atoms with Gasteiger partial charge in [0.05, 0.1) is 10.6 Å². The molecule has 0 aromatic heterocycles. The van der Waals surface area contributed by atoms with Gasteiger partial charge in [0, 0.05) is 6.20 Å². The lowest BCUT2D eigenvalue weighted by atomic mass is 10.1. The predicted octanol–water partition coefficient (Wildman–Crippen LogP) is 5.19. The van der Waals surface area contributed by atoms with Gasteiger partial charge in [-0.15, -0.1) is 0 Å². The van der Waals surface area contributed by atoms with Crippen LogP contribution in [-0.4, -0.2) is 35.0 Å². The quantitative estimate of drug-likeness (QED) is 0.481. The number of aliphatic imine (C=N–C) groups is 1. The van der Waals surface area contributed by atoms with Crippen LogP contribution in [0.2, 0.25) is 5.02 Å². The van der Waals surface area contributed by atoms with Crippen molar-refractivity contribution >= 4 is 46.3 Å². The van der Waals surface area contributed by atoms with Crippen LogP contribution in [0.15, 0.2) is 58.6 Å². The average molecular weight is 454 g/mol. The Morgan fingerprint density at radius 2 is 1.87 bits per heavy atom. The summed E-state index contributed by atoms with van der Waals surface area (Å²) >= 11 is 7.68. The van der Waals surface area contributed by atoms with Crippen molar-refractivity contribution in [2.24, 2.45) is 4.99 Å². The van der Waals surface area contributed by atoms with E-state index in [-0.39, 0.29) is 11.4 Å². The molecule has 4 rings (SSSR count). The molecule has 1 N–H and O–H groups in total. The van der Waals surface area contributed by atoms with E-state index < -0.39 is 5.91 Å². The van der Waals surface area contributed by atoms with Crippen molar-refractivity contribution in [2.75, 3.05) is 13.2 Å². The molecule has 0 unspecified atom stereocenters. The second-order valence-corrected chi connectivity index (χ2v) is 8.32. The van der Waals surface area contributed by atoms with Crippen molar-refractivity contribution in [2.45, 2.75) is 13.8 Å². The van der Waals surface area contributed by atoms with E-state index in [1.165, 1.54) is 17.3 Å². The molecule has 0 radical (unpaired) electrons. The fraction of sp³-hybridized carbons (Fsp3) is 0.174. The number of ether oxygens (including phenoxy) is 2. The number of nitrogens with zero attached hydrogens (tertiary/aromatic N) is 2. The number of carbonyl (C=O) groups is 1. The number of hydrogen-bond donors (Lipinski definition) is 1. The Morgan fingerprint density at radius 1 is 1.13 bits per heavy atom. The van der Waals surface area contributed by atoms with Crippen LogP contribution in [0.1, 0.15) is 16.7 Å². The summed E-state index contributed by atoms with van der Waals surface area (Å²) in [7, 11) is 0. The summed E-state index contributed by atoms with van der Waals surface area (Å²) in [5.74, 6) is 1.01. The molecule has 158 valence electrons. The van der Waals surface area contributed by atoms with Gasteiger partial charge in [-0.2, -0.15) is 4.99 Å². The first-order chi connectivity index (χ1) is 14.9. The van der Waals surface area contributed by atoms with E-state index in [4.69, 9.17) is 26.5 Å². The lowest BCUT2D eigenvalue weighted by molar-refractivity contribution is -0.114. The summed E-state index contributed by atoms with van der Waals surface area (Å²) in [5.41, 5.74) is 3.17. The number of carbonyl (C=O) groups excluding carboxylic acids is 1. The minimum Gasteiger partial charge on any atom is -0.490 e. The number of nitrogens with one attached hydrogen (secondary N) is 1. The number of fused-ring (bicyclic) bond motifs is 1. The third kappa shape index (κ3) is 4.68. The Kier molecular flexibility index (Phi) is 6.15. The number of benzene rings is 2. The summed E-state index contributed by atoms with van der Waals surface area (Å²) in [6.45, 7) is 4.78. The molecule has 6 nitrogen and oxygen atoms in total. The van der Waals surface area contributed by atoms with Gasteiger partial charge in [0.1, 0.15) is 30.5 Å². The number of aryl methyl sites for hydroxylation is 2. The van der Waals surface area contributed by atoms with Gasteiger partial charge in [-0.1, -0.05) is 47.1 Å². The second-order valence-electron chi connectivity index (χ2n) is 7.03. The van der Waals surface area contributed by atoms with Gasteiger partial charge < -0.3 is 9.47 Å². The molecule has 0 fully saturated rings. The van der Waals surface area contributed by atoms with E-state index in [0.717, 1.165) is 11.3 Å². The highest BCUT2D eigenvalue weighted by molar-refractivity contribution is 8.16. The Balaban J connectivity index is 1.39. The maximum absolute atomic E-state index is 12.3. The fourth-order valence-electron chi connectivity index (χ4n) is 3.19. The highest BCUT2D eigenvalue weighted by Crippen LogP contribution is 2.30. The van der Waals surface area contributed by atoms with Crippen LogP contribution in [0.3, 0.4) is 0 Å². The molecular weight excluding hydrogens is 434 g/mol. The van der Waals surface area contributed by atoms with Crippen molar-refractivity contribution in [3.05, 3.63) is 75.3 Å². The molecule has 0 saturated heterocycles. The van der Waals surface area contributed by atoms with Crippen molar-refractivity contribution in [3.8, 4) is 11.5 Å². The zero-order valence-electron chi connectivity index (χ0n) is 17.0. The Morgan fingerprint density at radius 3 is 2.61 bits per heavy atom.